The van der Waals surface area contributed by atoms with Crippen LogP contribution in [0.5, 0.6) is 11.5 Å². The smallest absolute Gasteiger partial charge is 0.164 e. The third-order valence-electron chi connectivity index (χ3n) is 5.00. The SMILES string of the molecule is CCC(C)(C)Oc1cc2[nH]c3ccnc(C#CC4CC4)c3c2cc1OC. The van der Waals surface area contributed by atoms with Crippen LogP contribution in [-0.4, -0.2) is 22.7 Å². The van der Waals surface area contributed by atoms with Gasteiger partial charge < -0.3 is 14.5 Å². The van der Waals surface area contributed by atoms with Gasteiger partial charge in [0.1, 0.15) is 11.3 Å². The maximum Gasteiger partial charge on any atom is 0.164 e. The van der Waals surface area contributed by atoms with Gasteiger partial charge in [0.05, 0.1) is 18.1 Å². The van der Waals surface area contributed by atoms with E-state index in [2.05, 4.69) is 42.6 Å². The van der Waals surface area contributed by atoms with Crippen LogP contribution < -0.4 is 9.47 Å². The molecule has 2 aromatic heterocycles. The molecule has 1 aliphatic rings. The average molecular weight is 348 g/mol. The fraction of sp³-hybridized carbons (Fsp3) is 0.409. The van der Waals surface area contributed by atoms with Gasteiger partial charge in [0.2, 0.25) is 0 Å². The van der Waals surface area contributed by atoms with Crippen LogP contribution in [0.2, 0.25) is 0 Å². The van der Waals surface area contributed by atoms with Crippen LogP contribution in [0.15, 0.2) is 24.4 Å². The fourth-order valence-electron chi connectivity index (χ4n) is 2.96. The number of aromatic nitrogens is 2. The number of aromatic amines is 1. The summed E-state index contributed by atoms with van der Waals surface area (Å²) in [5.41, 5.74) is 2.61. The zero-order chi connectivity index (χ0) is 18.3. The van der Waals surface area contributed by atoms with Gasteiger partial charge in [0.25, 0.3) is 0 Å². The van der Waals surface area contributed by atoms with Crippen LogP contribution >= 0.6 is 0 Å². The Labute approximate surface area is 153 Å². The number of hydrogen-bond acceptors (Lipinski definition) is 3. The van der Waals surface area contributed by atoms with Crippen molar-refractivity contribution in [1.29, 1.82) is 0 Å². The first-order chi connectivity index (χ1) is 12.5. The van der Waals surface area contributed by atoms with Crippen LogP contribution in [-0.2, 0) is 0 Å². The molecule has 0 radical (unpaired) electrons. The molecule has 1 N–H and O–H groups in total. The largest absolute Gasteiger partial charge is 0.493 e. The van der Waals surface area contributed by atoms with Gasteiger partial charge in [-0.2, -0.15) is 0 Å². The van der Waals surface area contributed by atoms with Crippen molar-refractivity contribution in [2.75, 3.05) is 7.11 Å². The summed E-state index contributed by atoms with van der Waals surface area (Å²) in [6.45, 7) is 6.28. The van der Waals surface area contributed by atoms with E-state index in [-0.39, 0.29) is 5.60 Å². The molecule has 0 atom stereocenters. The number of rotatable bonds is 4. The highest BCUT2D eigenvalue weighted by molar-refractivity contribution is 6.10. The van der Waals surface area contributed by atoms with Crippen molar-refractivity contribution in [3.8, 4) is 23.3 Å². The number of ether oxygens (including phenoxy) is 2. The lowest BCUT2D eigenvalue weighted by molar-refractivity contribution is 0.101. The van der Waals surface area contributed by atoms with E-state index in [1.54, 1.807) is 7.11 Å². The summed E-state index contributed by atoms with van der Waals surface area (Å²) in [5, 5.41) is 2.11. The summed E-state index contributed by atoms with van der Waals surface area (Å²) < 4.78 is 11.8. The molecule has 0 saturated heterocycles. The highest BCUT2D eigenvalue weighted by Crippen LogP contribution is 2.38. The van der Waals surface area contributed by atoms with Gasteiger partial charge in [0.15, 0.2) is 11.5 Å². The first-order valence-corrected chi connectivity index (χ1v) is 9.19. The summed E-state index contributed by atoms with van der Waals surface area (Å²) in [6.07, 6.45) is 5.13. The molecule has 1 saturated carbocycles. The standard InChI is InChI=1S/C22H24N2O2/c1-5-22(2,3)26-20-13-18-15(12-19(20)25-4)21-16(9-8-14-6-7-14)23-11-10-17(21)24-18/h10-14,24H,5-7H2,1-4H3. The molecular formula is C22H24N2O2. The molecule has 0 spiro atoms. The molecule has 134 valence electrons. The second kappa shape index (κ2) is 6.25. The van der Waals surface area contributed by atoms with E-state index in [0.29, 0.717) is 5.92 Å². The lowest BCUT2D eigenvalue weighted by Gasteiger charge is -2.26. The molecule has 1 fully saturated rings. The number of hydrogen-bond donors (Lipinski definition) is 1. The van der Waals surface area contributed by atoms with E-state index in [0.717, 1.165) is 45.4 Å². The average Bonchev–Trinajstić information content (AvgIpc) is 3.38. The Hall–Kier alpha value is -2.67. The highest BCUT2D eigenvalue weighted by atomic mass is 16.5. The fourth-order valence-corrected chi connectivity index (χ4v) is 2.96. The number of pyridine rings is 1. The molecule has 0 unspecified atom stereocenters. The van der Waals surface area contributed by atoms with Crippen molar-refractivity contribution in [1.82, 2.24) is 9.97 Å². The van der Waals surface area contributed by atoms with Crippen LogP contribution in [0.3, 0.4) is 0 Å². The number of methoxy groups -OCH3 is 1. The maximum absolute atomic E-state index is 6.21. The Kier molecular flexibility index (Phi) is 4.03. The van der Waals surface area contributed by atoms with E-state index in [4.69, 9.17) is 9.47 Å². The van der Waals surface area contributed by atoms with E-state index < -0.39 is 0 Å². The van der Waals surface area contributed by atoms with Gasteiger partial charge >= 0.3 is 0 Å². The van der Waals surface area contributed by atoms with Gasteiger partial charge in [-0.15, -0.1) is 0 Å². The van der Waals surface area contributed by atoms with Crippen molar-refractivity contribution < 1.29 is 9.47 Å². The minimum Gasteiger partial charge on any atom is -0.493 e. The summed E-state index contributed by atoms with van der Waals surface area (Å²) in [4.78, 5) is 7.99. The monoisotopic (exact) mass is 348 g/mol. The molecular weight excluding hydrogens is 324 g/mol. The Morgan fingerprint density at radius 2 is 2.04 bits per heavy atom. The van der Waals surface area contributed by atoms with E-state index >= 15 is 0 Å². The van der Waals surface area contributed by atoms with E-state index in [1.807, 2.05) is 24.4 Å². The summed E-state index contributed by atoms with van der Waals surface area (Å²) in [7, 11) is 1.67. The maximum atomic E-state index is 6.21. The minimum absolute atomic E-state index is 0.255. The third-order valence-corrected chi connectivity index (χ3v) is 5.00. The summed E-state index contributed by atoms with van der Waals surface area (Å²) >= 11 is 0. The topological polar surface area (TPSA) is 47.1 Å². The minimum atomic E-state index is -0.255. The van der Waals surface area contributed by atoms with Crippen LogP contribution in [0.1, 0.15) is 45.7 Å². The van der Waals surface area contributed by atoms with Crippen LogP contribution in [0.25, 0.3) is 21.8 Å². The Morgan fingerprint density at radius 3 is 2.73 bits per heavy atom. The Morgan fingerprint density at radius 1 is 1.23 bits per heavy atom. The normalized spacial score (nSPS) is 14.3. The zero-order valence-electron chi connectivity index (χ0n) is 15.8. The molecule has 3 aromatic rings. The number of nitrogens with one attached hydrogen (secondary N) is 1. The molecule has 4 heteroatoms. The molecule has 1 aliphatic carbocycles. The highest BCUT2D eigenvalue weighted by Gasteiger charge is 2.21. The molecule has 0 bridgehead atoms. The molecule has 26 heavy (non-hydrogen) atoms. The summed E-state index contributed by atoms with van der Waals surface area (Å²) in [5.74, 6) is 8.61. The second-order valence-corrected chi connectivity index (χ2v) is 7.51. The van der Waals surface area contributed by atoms with E-state index in [9.17, 15) is 0 Å². The number of benzene rings is 1. The van der Waals surface area contributed by atoms with E-state index in [1.165, 1.54) is 12.8 Å². The molecule has 0 aliphatic heterocycles. The van der Waals surface area contributed by atoms with Gasteiger partial charge in [-0.25, -0.2) is 4.98 Å². The predicted octanol–water partition coefficient (Wildman–Crippen LogP) is 5.05. The number of H-pyrrole nitrogens is 1. The van der Waals surface area contributed by atoms with Gasteiger partial charge in [-0.1, -0.05) is 12.8 Å². The predicted molar refractivity (Wildman–Crippen MR) is 105 cm³/mol. The van der Waals surface area contributed by atoms with Crippen molar-refractivity contribution in [2.45, 2.75) is 45.6 Å². The van der Waals surface area contributed by atoms with Gasteiger partial charge in [-0.3, -0.25) is 0 Å². The Balaban J connectivity index is 1.89. The molecule has 2 heterocycles. The molecule has 4 nitrogen and oxygen atoms in total. The Bertz CT molecular complexity index is 1030. The van der Waals surface area contributed by atoms with Gasteiger partial charge in [0, 0.05) is 29.0 Å². The lowest BCUT2D eigenvalue weighted by atomic mass is 10.1. The van der Waals surface area contributed by atoms with Crippen molar-refractivity contribution in [3.63, 3.8) is 0 Å². The quantitative estimate of drug-likeness (QED) is 0.671. The zero-order valence-corrected chi connectivity index (χ0v) is 15.8. The lowest BCUT2D eigenvalue weighted by Crippen LogP contribution is -2.27. The van der Waals surface area contributed by atoms with Crippen molar-refractivity contribution in [3.05, 3.63) is 30.1 Å². The molecule has 0 amide bonds. The third kappa shape index (κ3) is 3.10. The molecule has 1 aromatic carbocycles. The summed E-state index contributed by atoms with van der Waals surface area (Å²) in [6, 6.07) is 6.03. The number of nitrogens with zero attached hydrogens (tertiary/aromatic N) is 1. The van der Waals surface area contributed by atoms with Gasteiger partial charge in [-0.05, 0) is 51.2 Å². The van der Waals surface area contributed by atoms with Crippen molar-refractivity contribution >= 4 is 21.8 Å². The second-order valence-electron chi connectivity index (χ2n) is 7.51. The van der Waals surface area contributed by atoms with Crippen molar-refractivity contribution in [2.24, 2.45) is 5.92 Å². The number of fused-ring (bicyclic) bond motifs is 3. The van der Waals surface area contributed by atoms with Crippen LogP contribution in [0, 0.1) is 17.8 Å². The first kappa shape index (κ1) is 16.8. The molecule has 4 rings (SSSR count). The first-order valence-electron chi connectivity index (χ1n) is 9.19. The van der Waals surface area contributed by atoms with Crippen LogP contribution in [0.4, 0.5) is 0 Å².